The zero-order chi connectivity index (χ0) is 14.3. The number of ether oxygens (including phenoxy) is 2. The highest BCUT2D eigenvalue weighted by molar-refractivity contribution is 5.95. The minimum atomic E-state index is -1.21. The fourth-order valence-electron chi connectivity index (χ4n) is 1.26. The lowest BCUT2D eigenvalue weighted by Crippen LogP contribution is -2.34. The Bertz CT molecular complexity index is 252. The van der Waals surface area contributed by atoms with Crippen LogP contribution in [0.25, 0.3) is 0 Å². The molecule has 0 spiro atoms. The van der Waals surface area contributed by atoms with Gasteiger partial charge >= 0.3 is 11.9 Å². The van der Waals surface area contributed by atoms with E-state index in [0.717, 1.165) is 0 Å². The van der Waals surface area contributed by atoms with Crippen molar-refractivity contribution in [3.63, 3.8) is 0 Å². The van der Waals surface area contributed by atoms with Gasteiger partial charge in [-0.2, -0.15) is 0 Å². The Morgan fingerprint density at radius 2 is 1.39 bits per heavy atom. The van der Waals surface area contributed by atoms with Crippen molar-refractivity contribution in [1.29, 1.82) is 0 Å². The predicted octanol–water partition coefficient (Wildman–Crippen LogP) is 0.249. The van der Waals surface area contributed by atoms with E-state index in [2.05, 4.69) is 0 Å². The summed E-state index contributed by atoms with van der Waals surface area (Å²) >= 11 is 0. The molecule has 0 aliphatic carbocycles. The molecule has 6 nitrogen and oxygen atoms in total. The molecule has 0 aliphatic rings. The van der Waals surface area contributed by atoms with Crippen LogP contribution >= 0.6 is 0 Å². The molecule has 0 aromatic carbocycles. The Hall–Kier alpha value is -1.14. The summed E-state index contributed by atoms with van der Waals surface area (Å²) in [5.74, 6) is -2.71. The van der Waals surface area contributed by atoms with Crippen LogP contribution in [-0.4, -0.2) is 47.1 Å². The molecule has 0 heterocycles. The summed E-state index contributed by atoms with van der Waals surface area (Å²) in [6.07, 6.45) is -2.10. The summed E-state index contributed by atoms with van der Waals surface area (Å²) in [5, 5.41) is 18.1. The number of esters is 2. The third kappa shape index (κ3) is 6.56. The fraction of sp³-hybridized carbons (Fsp3) is 0.833. The lowest BCUT2D eigenvalue weighted by molar-refractivity contribution is -0.168. The second kappa shape index (κ2) is 8.05. The van der Waals surface area contributed by atoms with Gasteiger partial charge in [0.05, 0.1) is 24.9 Å². The number of rotatable bonds is 7. The van der Waals surface area contributed by atoms with Crippen LogP contribution < -0.4 is 0 Å². The molecule has 0 amide bonds. The van der Waals surface area contributed by atoms with Crippen LogP contribution in [0.5, 0.6) is 0 Å². The first-order chi connectivity index (χ1) is 8.27. The minimum Gasteiger partial charge on any atom is -0.462 e. The van der Waals surface area contributed by atoms with Gasteiger partial charge in [0, 0.05) is 0 Å². The van der Waals surface area contributed by atoms with Crippen LogP contribution in [0.15, 0.2) is 0 Å². The summed E-state index contributed by atoms with van der Waals surface area (Å²) in [6.45, 7) is 6.10. The van der Waals surface area contributed by atoms with Gasteiger partial charge in [-0.05, 0) is 34.1 Å². The van der Waals surface area contributed by atoms with Crippen molar-refractivity contribution < 1.29 is 29.3 Å². The van der Waals surface area contributed by atoms with Crippen LogP contribution in [0.3, 0.4) is 0 Å². The Kier molecular flexibility index (Phi) is 7.54. The zero-order valence-corrected chi connectivity index (χ0v) is 11.3. The van der Waals surface area contributed by atoms with Gasteiger partial charge in [0.2, 0.25) is 0 Å². The summed E-state index contributed by atoms with van der Waals surface area (Å²) in [6, 6.07) is 0. The Labute approximate surface area is 107 Å². The molecule has 1 atom stereocenters. The Balaban J connectivity index is 4.70. The first kappa shape index (κ1) is 16.9. The molecule has 0 bridgehead atoms. The molecule has 0 fully saturated rings. The van der Waals surface area contributed by atoms with E-state index in [4.69, 9.17) is 14.6 Å². The molecule has 0 aromatic heterocycles. The summed E-state index contributed by atoms with van der Waals surface area (Å²) in [4.78, 5) is 23.4. The highest BCUT2D eigenvalue weighted by Gasteiger charge is 2.33. The number of carbonyl (C=O) groups is 2. The highest BCUT2D eigenvalue weighted by atomic mass is 16.6. The number of aliphatic hydroxyl groups excluding tert-OH is 2. The standard InChI is InChI=1S/C12H22O6/c1-7(2)17-11(15)10(5-9(14)6-13)12(16)18-8(3)4/h7-10,13-14H,5-6H2,1-4H3. The third-order valence-electron chi connectivity index (χ3n) is 1.99. The molecule has 1 unspecified atom stereocenters. The first-order valence-electron chi connectivity index (χ1n) is 5.97. The van der Waals surface area contributed by atoms with Crippen LogP contribution in [0.1, 0.15) is 34.1 Å². The number of aliphatic hydroxyl groups is 2. The van der Waals surface area contributed by atoms with Gasteiger partial charge in [-0.1, -0.05) is 0 Å². The lowest BCUT2D eigenvalue weighted by atomic mass is 10.0. The van der Waals surface area contributed by atoms with Crippen molar-refractivity contribution in [2.24, 2.45) is 5.92 Å². The molecule has 0 rings (SSSR count). The van der Waals surface area contributed by atoms with Gasteiger partial charge in [-0.15, -0.1) is 0 Å². The molecule has 0 saturated heterocycles. The maximum Gasteiger partial charge on any atom is 0.320 e. The van der Waals surface area contributed by atoms with Gasteiger partial charge in [-0.3, -0.25) is 9.59 Å². The molecular formula is C12H22O6. The summed E-state index contributed by atoms with van der Waals surface area (Å²) in [7, 11) is 0. The van der Waals surface area contributed by atoms with E-state index in [0.29, 0.717) is 0 Å². The molecule has 2 N–H and O–H groups in total. The van der Waals surface area contributed by atoms with E-state index < -0.39 is 30.6 Å². The summed E-state index contributed by atoms with van der Waals surface area (Å²) < 4.78 is 9.86. The van der Waals surface area contributed by atoms with Gasteiger partial charge in [0.1, 0.15) is 0 Å². The maximum atomic E-state index is 11.7. The molecule has 6 heteroatoms. The fourth-order valence-corrected chi connectivity index (χ4v) is 1.26. The normalized spacial score (nSPS) is 12.9. The Morgan fingerprint density at radius 1 is 1.00 bits per heavy atom. The topological polar surface area (TPSA) is 93.1 Å². The van der Waals surface area contributed by atoms with Gasteiger partial charge < -0.3 is 19.7 Å². The van der Waals surface area contributed by atoms with E-state index in [1.165, 1.54) is 0 Å². The number of carbonyl (C=O) groups excluding carboxylic acids is 2. The molecule has 18 heavy (non-hydrogen) atoms. The Morgan fingerprint density at radius 3 is 1.67 bits per heavy atom. The lowest BCUT2D eigenvalue weighted by Gasteiger charge is -2.19. The van der Waals surface area contributed by atoms with Crippen LogP contribution in [0.4, 0.5) is 0 Å². The van der Waals surface area contributed by atoms with Crippen LogP contribution in [0, 0.1) is 5.92 Å². The quantitative estimate of drug-likeness (QED) is 0.504. The predicted molar refractivity (Wildman–Crippen MR) is 63.7 cm³/mol. The SMILES string of the molecule is CC(C)OC(=O)C(CC(O)CO)C(=O)OC(C)C. The zero-order valence-electron chi connectivity index (χ0n) is 11.3. The average Bonchev–Trinajstić information content (AvgIpc) is 2.22. The minimum absolute atomic E-state index is 0.215. The monoisotopic (exact) mass is 262 g/mol. The van der Waals surface area contributed by atoms with Crippen molar-refractivity contribution in [3.05, 3.63) is 0 Å². The van der Waals surface area contributed by atoms with Crippen LogP contribution in [-0.2, 0) is 19.1 Å². The van der Waals surface area contributed by atoms with E-state index in [-0.39, 0.29) is 18.6 Å². The van der Waals surface area contributed by atoms with Gasteiger partial charge in [0.25, 0.3) is 0 Å². The third-order valence-corrected chi connectivity index (χ3v) is 1.99. The largest absolute Gasteiger partial charge is 0.462 e. The molecule has 0 aliphatic heterocycles. The highest BCUT2D eigenvalue weighted by Crippen LogP contribution is 2.14. The van der Waals surface area contributed by atoms with Gasteiger partial charge in [-0.25, -0.2) is 0 Å². The van der Waals surface area contributed by atoms with E-state index >= 15 is 0 Å². The van der Waals surface area contributed by atoms with Crippen molar-refractivity contribution >= 4 is 11.9 Å². The van der Waals surface area contributed by atoms with Crippen molar-refractivity contribution in [3.8, 4) is 0 Å². The van der Waals surface area contributed by atoms with Crippen molar-refractivity contribution in [1.82, 2.24) is 0 Å². The second-order valence-corrected chi connectivity index (χ2v) is 4.60. The first-order valence-corrected chi connectivity index (χ1v) is 5.97. The van der Waals surface area contributed by atoms with Crippen molar-refractivity contribution in [2.45, 2.75) is 52.4 Å². The maximum absolute atomic E-state index is 11.7. The van der Waals surface area contributed by atoms with E-state index in [1.807, 2.05) is 0 Å². The molecule has 106 valence electrons. The van der Waals surface area contributed by atoms with Crippen LogP contribution in [0.2, 0.25) is 0 Å². The molecule has 0 saturated carbocycles. The van der Waals surface area contributed by atoms with Gasteiger partial charge in [0.15, 0.2) is 5.92 Å². The van der Waals surface area contributed by atoms with E-state index in [9.17, 15) is 14.7 Å². The van der Waals surface area contributed by atoms with Crippen molar-refractivity contribution in [2.75, 3.05) is 6.61 Å². The van der Waals surface area contributed by atoms with E-state index in [1.54, 1.807) is 27.7 Å². The average molecular weight is 262 g/mol. The molecule has 0 aromatic rings. The summed E-state index contributed by atoms with van der Waals surface area (Å²) in [5.41, 5.74) is 0. The molecule has 0 radical (unpaired) electrons. The molecular weight excluding hydrogens is 240 g/mol. The second-order valence-electron chi connectivity index (χ2n) is 4.60. The smallest absolute Gasteiger partial charge is 0.320 e. The number of hydrogen-bond acceptors (Lipinski definition) is 6. The number of hydrogen-bond donors (Lipinski definition) is 2.